The van der Waals surface area contributed by atoms with Gasteiger partial charge in [-0.1, -0.05) is 11.6 Å². The van der Waals surface area contributed by atoms with Crippen LogP contribution in [0.25, 0.3) is 0 Å². The minimum atomic E-state index is -0.466. The number of aryl methyl sites for hydroxylation is 1. The maximum Gasteiger partial charge on any atom is 0.255 e. The normalized spacial score (nSPS) is 17.3. The van der Waals surface area contributed by atoms with E-state index in [1.807, 2.05) is 13.0 Å². The third-order valence-electron chi connectivity index (χ3n) is 3.65. The van der Waals surface area contributed by atoms with Crippen molar-refractivity contribution in [2.24, 2.45) is 0 Å². The first kappa shape index (κ1) is 15.7. The molecule has 7 heteroatoms. The van der Waals surface area contributed by atoms with Crippen molar-refractivity contribution < 1.29 is 13.9 Å². The van der Waals surface area contributed by atoms with Gasteiger partial charge in [-0.05, 0) is 31.2 Å². The van der Waals surface area contributed by atoms with E-state index in [0.29, 0.717) is 31.0 Å². The molecule has 1 aromatic heterocycles. The van der Waals surface area contributed by atoms with Gasteiger partial charge in [-0.25, -0.2) is 4.39 Å². The number of hydrogen-bond donors (Lipinski definition) is 0. The molecular weight excluding hydrogens is 321 g/mol. The van der Waals surface area contributed by atoms with Crippen LogP contribution in [0.5, 0.6) is 5.88 Å². The summed E-state index contributed by atoms with van der Waals surface area (Å²) < 4.78 is 18.8. The number of rotatable bonds is 3. The lowest BCUT2D eigenvalue weighted by Gasteiger charge is -2.17. The molecule has 23 heavy (non-hydrogen) atoms. The molecule has 0 bridgehead atoms. The molecule has 1 saturated heterocycles. The first-order valence-electron chi connectivity index (χ1n) is 7.24. The zero-order chi connectivity index (χ0) is 16.4. The van der Waals surface area contributed by atoms with Gasteiger partial charge in [-0.15, -0.1) is 5.10 Å². The Morgan fingerprint density at radius 3 is 2.87 bits per heavy atom. The third-order valence-corrected chi connectivity index (χ3v) is 3.97. The Morgan fingerprint density at radius 1 is 1.35 bits per heavy atom. The van der Waals surface area contributed by atoms with E-state index in [0.717, 1.165) is 11.8 Å². The van der Waals surface area contributed by atoms with Crippen LogP contribution in [-0.2, 0) is 0 Å². The summed E-state index contributed by atoms with van der Waals surface area (Å²) in [4.78, 5) is 14.1. The van der Waals surface area contributed by atoms with Crippen molar-refractivity contribution in [1.82, 2.24) is 15.1 Å². The molecule has 0 saturated carbocycles. The fourth-order valence-corrected chi connectivity index (χ4v) is 2.71. The Morgan fingerprint density at radius 2 is 2.17 bits per heavy atom. The van der Waals surface area contributed by atoms with Gasteiger partial charge in [0.25, 0.3) is 5.91 Å². The lowest BCUT2D eigenvalue weighted by atomic mass is 10.2. The molecule has 1 amide bonds. The Hall–Kier alpha value is -2.21. The number of nitrogens with zero attached hydrogens (tertiary/aromatic N) is 3. The molecule has 120 valence electrons. The van der Waals surface area contributed by atoms with Crippen LogP contribution in [-0.4, -0.2) is 40.2 Å². The SMILES string of the molecule is Cc1ccc(OC2CCN(C(=O)c3ccc(F)cc3Cl)C2)nn1. The van der Waals surface area contributed by atoms with Crippen molar-refractivity contribution in [1.29, 1.82) is 0 Å². The number of likely N-dealkylation sites (tertiary alicyclic amines) is 1. The largest absolute Gasteiger partial charge is 0.471 e. The highest BCUT2D eigenvalue weighted by Gasteiger charge is 2.29. The Balaban J connectivity index is 1.65. The van der Waals surface area contributed by atoms with E-state index < -0.39 is 5.82 Å². The van der Waals surface area contributed by atoms with Crippen LogP contribution >= 0.6 is 11.6 Å². The molecule has 1 aliphatic rings. The van der Waals surface area contributed by atoms with E-state index in [1.54, 1.807) is 11.0 Å². The van der Waals surface area contributed by atoms with Gasteiger partial charge >= 0.3 is 0 Å². The van der Waals surface area contributed by atoms with Crippen molar-refractivity contribution in [3.63, 3.8) is 0 Å². The second kappa shape index (κ2) is 6.50. The predicted octanol–water partition coefficient (Wildman–Crippen LogP) is 2.87. The summed E-state index contributed by atoms with van der Waals surface area (Å²) in [5.41, 5.74) is 1.11. The van der Waals surface area contributed by atoms with Crippen molar-refractivity contribution in [2.45, 2.75) is 19.4 Å². The van der Waals surface area contributed by atoms with E-state index in [1.165, 1.54) is 12.1 Å². The molecule has 1 atom stereocenters. The maximum atomic E-state index is 13.1. The number of aromatic nitrogens is 2. The van der Waals surface area contributed by atoms with E-state index in [9.17, 15) is 9.18 Å². The summed E-state index contributed by atoms with van der Waals surface area (Å²) >= 11 is 5.95. The molecule has 1 fully saturated rings. The van der Waals surface area contributed by atoms with Crippen molar-refractivity contribution in [2.75, 3.05) is 13.1 Å². The molecule has 0 radical (unpaired) electrons. The number of benzene rings is 1. The summed E-state index contributed by atoms with van der Waals surface area (Å²) in [5, 5.41) is 8.00. The summed E-state index contributed by atoms with van der Waals surface area (Å²) in [7, 11) is 0. The van der Waals surface area contributed by atoms with E-state index in [2.05, 4.69) is 10.2 Å². The second-order valence-corrected chi connectivity index (χ2v) is 5.82. The maximum absolute atomic E-state index is 13.1. The van der Waals surface area contributed by atoms with Gasteiger partial charge in [-0.3, -0.25) is 4.79 Å². The third kappa shape index (κ3) is 3.59. The highest BCUT2D eigenvalue weighted by atomic mass is 35.5. The molecular formula is C16H15ClFN3O2. The summed E-state index contributed by atoms with van der Waals surface area (Å²) in [6, 6.07) is 7.34. The standard InChI is InChI=1S/C16H15ClFN3O2/c1-10-2-5-15(20-19-10)23-12-6-7-21(9-12)16(22)13-4-3-11(18)8-14(13)17/h2-5,8,12H,6-7,9H2,1H3. The highest BCUT2D eigenvalue weighted by Crippen LogP contribution is 2.23. The number of carbonyl (C=O) groups is 1. The Kier molecular flexibility index (Phi) is 4.43. The molecule has 0 aliphatic carbocycles. The number of halogens is 2. The van der Waals surface area contributed by atoms with Gasteiger partial charge in [0, 0.05) is 19.0 Å². The predicted molar refractivity (Wildman–Crippen MR) is 83.1 cm³/mol. The first-order chi connectivity index (χ1) is 11.0. The number of carbonyl (C=O) groups excluding carboxylic acids is 1. The second-order valence-electron chi connectivity index (χ2n) is 5.42. The van der Waals surface area contributed by atoms with Crippen molar-refractivity contribution in [3.05, 3.63) is 52.4 Å². The molecule has 0 N–H and O–H groups in total. The lowest BCUT2D eigenvalue weighted by Crippen LogP contribution is -2.31. The smallest absolute Gasteiger partial charge is 0.255 e. The number of hydrogen-bond acceptors (Lipinski definition) is 4. The monoisotopic (exact) mass is 335 g/mol. The fourth-order valence-electron chi connectivity index (χ4n) is 2.46. The minimum absolute atomic E-state index is 0.115. The van der Waals surface area contributed by atoms with Gasteiger partial charge in [0.2, 0.25) is 5.88 Å². The molecule has 2 aromatic rings. The number of ether oxygens (including phenoxy) is 1. The molecule has 2 heterocycles. The van der Waals surface area contributed by atoms with Gasteiger partial charge in [0.05, 0.1) is 22.8 Å². The van der Waals surface area contributed by atoms with Crippen LogP contribution < -0.4 is 4.74 Å². The van der Waals surface area contributed by atoms with E-state index in [4.69, 9.17) is 16.3 Å². The van der Waals surface area contributed by atoms with Gasteiger partial charge < -0.3 is 9.64 Å². The molecule has 5 nitrogen and oxygen atoms in total. The van der Waals surface area contributed by atoms with E-state index >= 15 is 0 Å². The van der Waals surface area contributed by atoms with Crippen LogP contribution in [0.4, 0.5) is 4.39 Å². The van der Waals surface area contributed by atoms with Crippen LogP contribution in [0.2, 0.25) is 5.02 Å². The average molecular weight is 336 g/mol. The van der Waals surface area contributed by atoms with Crippen molar-refractivity contribution in [3.8, 4) is 5.88 Å². The topological polar surface area (TPSA) is 55.3 Å². The first-order valence-corrected chi connectivity index (χ1v) is 7.62. The molecule has 1 unspecified atom stereocenters. The van der Waals surface area contributed by atoms with Crippen LogP contribution in [0, 0.1) is 12.7 Å². The van der Waals surface area contributed by atoms with Crippen molar-refractivity contribution >= 4 is 17.5 Å². The van der Waals surface area contributed by atoms with Crippen LogP contribution in [0.3, 0.4) is 0 Å². The molecule has 0 spiro atoms. The molecule has 1 aliphatic heterocycles. The van der Waals surface area contributed by atoms with Gasteiger partial charge in [-0.2, -0.15) is 5.10 Å². The van der Waals surface area contributed by atoms with Gasteiger partial charge in [0.1, 0.15) is 11.9 Å². The zero-order valence-electron chi connectivity index (χ0n) is 12.5. The lowest BCUT2D eigenvalue weighted by molar-refractivity contribution is 0.0771. The quantitative estimate of drug-likeness (QED) is 0.865. The fraction of sp³-hybridized carbons (Fsp3) is 0.312. The highest BCUT2D eigenvalue weighted by molar-refractivity contribution is 6.33. The van der Waals surface area contributed by atoms with Gasteiger partial charge in [0.15, 0.2) is 0 Å². The van der Waals surface area contributed by atoms with Crippen LogP contribution in [0.15, 0.2) is 30.3 Å². The summed E-state index contributed by atoms with van der Waals surface area (Å²) in [6.07, 6.45) is 0.551. The molecule has 1 aromatic carbocycles. The number of amides is 1. The zero-order valence-corrected chi connectivity index (χ0v) is 13.3. The average Bonchev–Trinajstić information content (AvgIpc) is 2.97. The van der Waals surface area contributed by atoms with E-state index in [-0.39, 0.29) is 17.0 Å². The molecule has 3 rings (SSSR count). The Bertz CT molecular complexity index is 724. The Labute approximate surface area is 138 Å². The summed E-state index contributed by atoms with van der Waals surface area (Å²) in [5.74, 6) is -0.252. The van der Waals surface area contributed by atoms with Crippen LogP contribution in [0.1, 0.15) is 22.5 Å². The minimum Gasteiger partial charge on any atom is -0.471 e. The summed E-state index contributed by atoms with van der Waals surface area (Å²) in [6.45, 7) is 2.83.